The molecule has 0 atom stereocenters. The first kappa shape index (κ1) is 17.2. The molecule has 0 radical (unpaired) electrons. The molecule has 7 heteroatoms. The van der Waals surface area contributed by atoms with Gasteiger partial charge in [0.2, 0.25) is 10.0 Å². The van der Waals surface area contributed by atoms with Crippen molar-refractivity contribution < 1.29 is 8.42 Å². The molecule has 0 amide bonds. The van der Waals surface area contributed by atoms with Crippen molar-refractivity contribution in [2.24, 2.45) is 0 Å². The zero-order chi connectivity index (χ0) is 15.3. The van der Waals surface area contributed by atoms with E-state index in [0.29, 0.717) is 5.88 Å². The maximum absolute atomic E-state index is 12.0. The third kappa shape index (κ3) is 4.07. The molecule has 0 fully saturated rings. The molecule has 1 rings (SSSR count). The molecule has 0 aliphatic heterocycles. The Morgan fingerprint density at radius 2 is 1.95 bits per heavy atom. The zero-order valence-corrected chi connectivity index (χ0v) is 13.9. The topological polar surface area (TPSA) is 53.5 Å². The Hall–Kier alpha value is -0.850. The summed E-state index contributed by atoms with van der Waals surface area (Å²) < 4.78 is 25.1. The lowest BCUT2D eigenvalue weighted by Gasteiger charge is -2.27. The van der Waals surface area contributed by atoms with Crippen molar-refractivity contribution in [1.82, 2.24) is 9.29 Å². The third-order valence-electron chi connectivity index (χ3n) is 2.95. The Bertz CT molecular complexity index is 515. The van der Waals surface area contributed by atoms with E-state index in [0.717, 1.165) is 18.8 Å². The number of pyridine rings is 1. The summed E-state index contributed by atoms with van der Waals surface area (Å²) in [7, 11) is -0.417. The normalized spacial score (nSPS) is 12.2. The van der Waals surface area contributed by atoms with Gasteiger partial charge in [0.15, 0.2) is 0 Å². The van der Waals surface area contributed by atoms with E-state index in [4.69, 9.17) is 11.6 Å². The molecule has 0 unspecified atom stereocenters. The van der Waals surface area contributed by atoms with Crippen LogP contribution in [0, 0.1) is 0 Å². The second-order valence-corrected chi connectivity index (χ2v) is 7.50. The van der Waals surface area contributed by atoms with Crippen LogP contribution in [0.15, 0.2) is 23.2 Å². The van der Waals surface area contributed by atoms with E-state index in [1.165, 1.54) is 24.6 Å². The maximum atomic E-state index is 12.0. The summed E-state index contributed by atoms with van der Waals surface area (Å²) in [6.07, 6.45) is 2.26. The van der Waals surface area contributed by atoms with Crippen molar-refractivity contribution in [1.29, 1.82) is 0 Å². The van der Waals surface area contributed by atoms with Crippen LogP contribution in [0.2, 0.25) is 0 Å². The molecular weight excluding hydrogens is 298 g/mol. The van der Waals surface area contributed by atoms with Crippen molar-refractivity contribution in [3.05, 3.63) is 18.3 Å². The van der Waals surface area contributed by atoms with Gasteiger partial charge in [-0.1, -0.05) is 0 Å². The Morgan fingerprint density at radius 3 is 2.35 bits per heavy atom. The Kier molecular flexibility index (Phi) is 6.23. The molecule has 0 aliphatic rings. The van der Waals surface area contributed by atoms with Gasteiger partial charge in [-0.3, -0.25) is 0 Å². The van der Waals surface area contributed by atoms with Gasteiger partial charge in [0, 0.05) is 38.8 Å². The van der Waals surface area contributed by atoms with Crippen LogP contribution >= 0.6 is 11.6 Å². The molecule has 114 valence electrons. The molecule has 0 aliphatic carbocycles. The first-order valence-electron chi connectivity index (χ1n) is 6.52. The molecule has 1 aromatic rings. The smallest absolute Gasteiger partial charge is 0.244 e. The van der Waals surface area contributed by atoms with Gasteiger partial charge in [0.05, 0.1) is 0 Å². The average molecular weight is 320 g/mol. The summed E-state index contributed by atoms with van der Waals surface area (Å²) in [4.78, 5) is 6.59. The van der Waals surface area contributed by atoms with Gasteiger partial charge in [0.25, 0.3) is 0 Å². The van der Waals surface area contributed by atoms with Gasteiger partial charge >= 0.3 is 0 Å². The Labute approximate surface area is 126 Å². The summed E-state index contributed by atoms with van der Waals surface area (Å²) in [6, 6.07) is 3.61. The predicted molar refractivity (Wildman–Crippen MR) is 82.9 cm³/mol. The molecule has 0 bridgehead atoms. The molecule has 0 saturated carbocycles. The highest BCUT2D eigenvalue weighted by molar-refractivity contribution is 7.89. The standard InChI is InChI=1S/C13H22ClN3O2S/c1-11(2)17(9-5-8-14)13-7-6-12(10-15-13)20(18,19)16(3)4/h6-7,10-11H,5,8-9H2,1-4H3. The maximum Gasteiger partial charge on any atom is 0.244 e. The van der Waals surface area contributed by atoms with Gasteiger partial charge in [-0.05, 0) is 32.4 Å². The van der Waals surface area contributed by atoms with Gasteiger partial charge in [-0.25, -0.2) is 17.7 Å². The lowest BCUT2D eigenvalue weighted by atomic mass is 10.3. The second-order valence-electron chi connectivity index (χ2n) is 4.97. The monoisotopic (exact) mass is 319 g/mol. The molecule has 5 nitrogen and oxygen atoms in total. The summed E-state index contributed by atoms with van der Waals surface area (Å²) in [5.74, 6) is 1.36. The molecule has 0 N–H and O–H groups in total. The van der Waals surface area contributed by atoms with Crippen molar-refractivity contribution >= 4 is 27.4 Å². The fourth-order valence-electron chi connectivity index (χ4n) is 1.77. The number of nitrogens with zero attached hydrogens (tertiary/aromatic N) is 3. The second kappa shape index (κ2) is 7.24. The van der Waals surface area contributed by atoms with E-state index < -0.39 is 10.0 Å². The van der Waals surface area contributed by atoms with Crippen LogP contribution in [0.1, 0.15) is 20.3 Å². The van der Waals surface area contributed by atoms with E-state index in [9.17, 15) is 8.42 Å². The molecule has 1 aromatic heterocycles. The number of rotatable bonds is 7. The fourth-order valence-corrected chi connectivity index (χ4v) is 2.74. The number of halogens is 1. The third-order valence-corrected chi connectivity index (χ3v) is 5.02. The highest BCUT2D eigenvalue weighted by atomic mass is 35.5. The van der Waals surface area contributed by atoms with E-state index >= 15 is 0 Å². The highest BCUT2D eigenvalue weighted by Crippen LogP contribution is 2.18. The molecule has 0 saturated heterocycles. The number of anilines is 1. The number of sulfonamides is 1. The van der Waals surface area contributed by atoms with Crippen molar-refractivity contribution in [3.8, 4) is 0 Å². The van der Waals surface area contributed by atoms with Gasteiger partial charge < -0.3 is 4.90 Å². The Balaban J connectivity index is 3.00. The number of aromatic nitrogens is 1. The van der Waals surface area contributed by atoms with E-state index in [-0.39, 0.29) is 10.9 Å². The largest absolute Gasteiger partial charge is 0.354 e. The lowest BCUT2D eigenvalue weighted by molar-refractivity contribution is 0.520. The molecule has 0 aromatic carbocycles. The van der Waals surface area contributed by atoms with E-state index in [2.05, 4.69) is 23.7 Å². The summed E-state index contributed by atoms with van der Waals surface area (Å²) in [6.45, 7) is 4.94. The number of alkyl halides is 1. The first-order valence-corrected chi connectivity index (χ1v) is 8.49. The van der Waals surface area contributed by atoms with Crippen molar-refractivity contribution in [2.45, 2.75) is 31.2 Å². The quantitative estimate of drug-likeness (QED) is 0.723. The number of hydrogen-bond donors (Lipinski definition) is 0. The minimum Gasteiger partial charge on any atom is -0.354 e. The predicted octanol–water partition coefficient (Wildman–Crippen LogP) is 2.18. The van der Waals surface area contributed by atoms with Crippen LogP contribution in [0.3, 0.4) is 0 Å². The SMILES string of the molecule is CC(C)N(CCCCl)c1ccc(S(=O)(=O)N(C)C)cn1. The molecule has 20 heavy (non-hydrogen) atoms. The van der Waals surface area contributed by atoms with E-state index in [1.54, 1.807) is 12.1 Å². The van der Waals surface area contributed by atoms with E-state index in [1.807, 2.05) is 0 Å². The van der Waals surface area contributed by atoms with Crippen LogP contribution in [0.25, 0.3) is 0 Å². The van der Waals surface area contributed by atoms with Crippen LogP contribution in [0.4, 0.5) is 5.82 Å². The molecule has 1 heterocycles. The first-order chi connectivity index (χ1) is 9.30. The Morgan fingerprint density at radius 1 is 1.30 bits per heavy atom. The van der Waals surface area contributed by atoms with Crippen molar-refractivity contribution in [2.75, 3.05) is 31.4 Å². The van der Waals surface area contributed by atoms with Gasteiger partial charge in [-0.2, -0.15) is 0 Å². The average Bonchev–Trinajstić information content (AvgIpc) is 2.39. The minimum absolute atomic E-state index is 0.201. The lowest BCUT2D eigenvalue weighted by Crippen LogP contribution is -2.32. The highest BCUT2D eigenvalue weighted by Gasteiger charge is 2.18. The van der Waals surface area contributed by atoms with Crippen LogP contribution < -0.4 is 4.90 Å². The van der Waals surface area contributed by atoms with Crippen molar-refractivity contribution in [3.63, 3.8) is 0 Å². The molecular formula is C13H22ClN3O2S. The summed E-state index contributed by atoms with van der Waals surface area (Å²) >= 11 is 5.73. The van der Waals surface area contributed by atoms with Gasteiger partial charge in [0.1, 0.15) is 10.7 Å². The van der Waals surface area contributed by atoms with Crippen LogP contribution in [-0.4, -0.2) is 50.3 Å². The van der Waals surface area contributed by atoms with Gasteiger partial charge in [-0.15, -0.1) is 11.6 Å². The van der Waals surface area contributed by atoms with Crippen LogP contribution in [0.5, 0.6) is 0 Å². The summed E-state index contributed by atoms with van der Waals surface area (Å²) in [5, 5.41) is 0. The summed E-state index contributed by atoms with van der Waals surface area (Å²) in [5.41, 5.74) is 0. The minimum atomic E-state index is -3.43. The molecule has 0 spiro atoms. The van der Waals surface area contributed by atoms with Crippen LogP contribution in [-0.2, 0) is 10.0 Å². The zero-order valence-electron chi connectivity index (χ0n) is 12.4. The number of hydrogen-bond acceptors (Lipinski definition) is 4. The fraction of sp³-hybridized carbons (Fsp3) is 0.615.